The average molecular weight is 323 g/mol. The van der Waals surface area contributed by atoms with E-state index in [0.717, 1.165) is 24.3 Å². The quantitative estimate of drug-likeness (QED) is 0.579. The number of methoxy groups -OCH3 is 1. The number of ether oxygens (including phenoxy) is 1. The molecule has 24 heavy (non-hydrogen) atoms. The van der Waals surface area contributed by atoms with Gasteiger partial charge >= 0.3 is 0 Å². The van der Waals surface area contributed by atoms with E-state index in [1.807, 2.05) is 24.3 Å². The van der Waals surface area contributed by atoms with Gasteiger partial charge in [0.2, 0.25) is 0 Å². The summed E-state index contributed by atoms with van der Waals surface area (Å²) in [5, 5.41) is 14.5. The summed E-state index contributed by atoms with van der Waals surface area (Å²) in [6, 6.07) is 18.8. The fraction of sp³-hybridized carbons (Fsp3) is 0.350. The van der Waals surface area contributed by atoms with Gasteiger partial charge in [0.25, 0.3) is 0 Å². The van der Waals surface area contributed by atoms with Gasteiger partial charge in [0.1, 0.15) is 5.75 Å². The van der Waals surface area contributed by atoms with Crippen molar-refractivity contribution in [1.82, 2.24) is 5.32 Å². The van der Waals surface area contributed by atoms with Gasteiger partial charge in [-0.2, -0.15) is 0 Å². The third kappa shape index (κ3) is 4.28. The van der Waals surface area contributed by atoms with E-state index in [-0.39, 0.29) is 0 Å². The highest BCUT2D eigenvalue weighted by Gasteiger charge is 2.22. The molecule has 4 heteroatoms. The molecule has 0 atom stereocenters. The van der Waals surface area contributed by atoms with E-state index in [4.69, 9.17) is 10.1 Å². The van der Waals surface area contributed by atoms with Crippen LogP contribution in [0.1, 0.15) is 37.2 Å². The highest BCUT2D eigenvalue weighted by Crippen LogP contribution is 2.32. The normalized spacial score (nSPS) is 20.2. The first-order valence-electron chi connectivity index (χ1n) is 8.55. The van der Waals surface area contributed by atoms with Crippen LogP contribution in [-0.4, -0.2) is 19.1 Å². The van der Waals surface area contributed by atoms with Crippen molar-refractivity contribution in [3.8, 4) is 5.75 Å². The Morgan fingerprint density at radius 3 is 2.25 bits per heavy atom. The highest BCUT2D eigenvalue weighted by atomic mass is 16.5. The molecule has 1 fully saturated rings. The van der Waals surface area contributed by atoms with Crippen molar-refractivity contribution in [2.45, 2.75) is 37.6 Å². The molecule has 0 aliphatic heterocycles. The average Bonchev–Trinajstić information content (AvgIpc) is 2.64. The van der Waals surface area contributed by atoms with E-state index >= 15 is 0 Å². The molecule has 126 valence electrons. The molecule has 2 aromatic rings. The van der Waals surface area contributed by atoms with Gasteiger partial charge in [0, 0.05) is 11.7 Å². The van der Waals surface area contributed by atoms with Gasteiger partial charge in [-0.15, -0.1) is 0 Å². The molecule has 2 aromatic carbocycles. The summed E-state index contributed by atoms with van der Waals surface area (Å²) in [4.78, 5) is 0. The molecule has 1 aliphatic rings. The molecule has 0 heterocycles. The Kier molecular flexibility index (Phi) is 5.36. The fourth-order valence-electron chi connectivity index (χ4n) is 3.36. The van der Waals surface area contributed by atoms with E-state index in [9.17, 15) is 0 Å². The van der Waals surface area contributed by atoms with Gasteiger partial charge in [-0.25, -0.2) is 0 Å². The molecule has 4 nitrogen and oxygen atoms in total. The number of benzene rings is 2. The third-order valence-corrected chi connectivity index (χ3v) is 4.71. The second kappa shape index (κ2) is 7.86. The molecule has 3 rings (SSSR count). The SMILES string of the molecule is COc1ccc(NC(=N)NC2CCC(c3ccccc3)CC2)cc1. The fourth-order valence-corrected chi connectivity index (χ4v) is 3.36. The van der Waals surface area contributed by atoms with Crippen LogP contribution in [0.3, 0.4) is 0 Å². The van der Waals surface area contributed by atoms with Crippen molar-refractivity contribution >= 4 is 11.6 Å². The minimum absolute atomic E-state index is 0.364. The van der Waals surface area contributed by atoms with Crippen molar-refractivity contribution in [1.29, 1.82) is 5.41 Å². The van der Waals surface area contributed by atoms with Gasteiger partial charge in [-0.1, -0.05) is 30.3 Å². The summed E-state index contributed by atoms with van der Waals surface area (Å²) >= 11 is 0. The largest absolute Gasteiger partial charge is 0.497 e. The van der Waals surface area contributed by atoms with Crippen LogP contribution in [0.2, 0.25) is 0 Å². The third-order valence-electron chi connectivity index (χ3n) is 4.71. The van der Waals surface area contributed by atoms with Crippen molar-refractivity contribution in [3.05, 3.63) is 60.2 Å². The Hall–Kier alpha value is -2.49. The van der Waals surface area contributed by atoms with Crippen LogP contribution in [0.5, 0.6) is 5.75 Å². The maximum Gasteiger partial charge on any atom is 0.193 e. The first kappa shape index (κ1) is 16.4. The molecule has 3 N–H and O–H groups in total. The van der Waals surface area contributed by atoms with Crippen LogP contribution >= 0.6 is 0 Å². The highest BCUT2D eigenvalue weighted by molar-refractivity contribution is 5.91. The van der Waals surface area contributed by atoms with Crippen LogP contribution in [0.15, 0.2) is 54.6 Å². The number of hydrogen-bond donors (Lipinski definition) is 3. The lowest BCUT2D eigenvalue weighted by molar-refractivity contribution is 0.373. The minimum Gasteiger partial charge on any atom is -0.497 e. The van der Waals surface area contributed by atoms with Gasteiger partial charge in [-0.05, 0) is 61.4 Å². The Labute approximate surface area is 143 Å². The Morgan fingerprint density at radius 2 is 1.62 bits per heavy atom. The van der Waals surface area contributed by atoms with E-state index < -0.39 is 0 Å². The molecule has 0 aromatic heterocycles. The van der Waals surface area contributed by atoms with E-state index in [2.05, 4.69) is 41.0 Å². The van der Waals surface area contributed by atoms with Crippen LogP contribution in [0.25, 0.3) is 0 Å². The van der Waals surface area contributed by atoms with Gasteiger partial charge in [0.15, 0.2) is 5.96 Å². The number of nitrogens with one attached hydrogen (secondary N) is 3. The Balaban J connectivity index is 1.46. The van der Waals surface area contributed by atoms with Crippen molar-refractivity contribution < 1.29 is 4.74 Å². The maximum atomic E-state index is 8.12. The number of anilines is 1. The first-order chi connectivity index (χ1) is 11.7. The van der Waals surface area contributed by atoms with Crippen LogP contribution in [-0.2, 0) is 0 Å². The molecular formula is C20H25N3O. The van der Waals surface area contributed by atoms with Crippen LogP contribution < -0.4 is 15.4 Å². The zero-order valence-corrected chi connectivity index (χ0v) is 14.1. The molecule has 0 spiro atoms. The Bertz CT molecular complexity index is 646. The van der Waals surface area contributed by atoms with E-state index in [1.54, 1.807) is 7.11 Å². The molecule has 0 bridgehead atoms. The summed E-state index contributed by atoms with van der Waals surface area (Å²) in [5.74, 6) is 1.84. The molecule has 1 saturated carbocycles. The number of guanidine groups is 1. The zero-order valence-electron chi connectivity index (χ0n) is 14.1. The van der Waals surface area contributed by atoms with Crippen LogP contribution in [0.4, 0.5) is 5.69 Å². The van der Waals surface area contributed by atoms with Crippen molar-refractivity contribution in [3.63, 3.8) is 0 Å². The number of rotatable bonds is 4. The predicted octanol–water partition coefficient (Wildman–Crippen LogP) is 4.36. The van der Waals surface area contributed by atoms with Crippen molar-refractivity contribution in [2.75, 3.05) is 12.4 Å². The second-order valence-corrected chi connectivity index (χ2v) is 6.33. The summed E-state index contributed by atoms with van der Waals surface area (Å²) in [5.41, 5.74) is 2.34. The zero-order chi connectivity index (χ0) is 16.8. The lowest BCUT2D eigenvalue weighted by atomic mass is 9.82. The lowest BCUT2D eigenvalue weighted by Crippen LogP contribution is -2.40. The molecule has 0 unspecified atom stereocenters. The van der Waals surface area contributed by atoms with E-state index in [1.165, 1.54) is 18.4 Å². The van der Waals surface area contributed by atoms with Crippen molar-refractivity contribution in [2.24, 2.45) is 0 Å². The lowest BCUT2D eigenvalue weighted by Gasteiger charge is -2.30. The van der Waals surface area contributed by atoms with Gasteiger partial charge in [-0.3, -0.25) is 5.41 Å². The first-order valence-corrected chi connectivity index (χ1v) is 8.55. The predicted molar refractivity (Wildman–Crippen MR) is 98.9 cm³/mol. The topological polar surface area (TPSA) is 57.1 Å². The molecule has 0 radical (unpaired) electrons. The summed E-state index contributed by atoms with van der Waals surface area (Å²) in [6.45, 7) is 0. The monoisotopic (exact) mass is 323 g/mol. The minimum atomic E-state index is 0.364. The van der Waals surface area contributed by atoms with E-state index in [0.29, 0.717) is 17.9 Å². The van der Waals surface area contributed by atoms with Gasteiger partial charge < -0.3 is 15.4 Å². The smallest absolute Gasteiger partial charge is 0.193 e. The summed E-state index contributed by atoms with van der Waals surface area (Å²) < 4.78 is 5.15. The Morgan fingerprint density at radius 1 is 0.958 bits per heavy atom. The summed E-state index contributed by atoms with van der Waals surface area (Å²) in [6.07, 6.45) is 4.56. The molecular weight excluding hydrogens is 298 g/mol. The number of hydrogen-bond acceptors (Lipinski definition) is 2. The second-order valence-electron chi connectivity index (χ2n) is 6.33. The molecule has 1 aliphatic carbocycles. The van der Waals surface area contributed by atoms with Crippen LogP contribution in [0, 0.1) is 5.41 Å². The molecule has 0 saturated heterocycles. The summed E-state index contributed by atoms with van der Waals surface area (Å²) in [7, 11) is 1.65. The maximum absolute atomic E-state index is 8.12. The van der Waals surface area contributed by atoms with Gasteiger partial charge in [0.05, 0.1) is 7.11 Å². The molecule has 0 amide bonds. The standard InChI is InChI=1S/C20H25N3O/c1-24-19-13-11-18(12-14-19)23-20(21)22-17-9-7-16(8-10-17)15-5-3-2-4-6-15/h2-6,11-14,16-17H,7-10H2,1H3,(H3,21,22,23).